The van der Waals surface area contributed by atoms with E-state index in [1.807, 2.05) is 38.1 Å². The molecule has 0 aliphatic carbocycles. The van der Waals surface area contributed by atoms with Gasteiger partial charge in [0.1, 0.15) is 0 Å². The van der Waals surface area contributed by atoms with Crippen molar-refractivity contribution in [2.75, 3.05) is 6.61 Å². The fraction of sp³-hybridized carbons (Fsp3) is 0.280. The van der Waals surface area contributed by atoms with Crippen LogP contribution in [0.2, 0.25) is 0 Å². The number of halogens is 3. The van der Waals surface area contributed by atoms with Crippen LogP contribution in [0.1, 0.15) is 35.6 Å². The molecular formula is C25H23F3N2O2. The Morgan fingerprint density at radius 2 is 1.78 bits per heavy atom. The quantitative estimate of drug-likeness (QED) is 0.316. The average molecular weight is 440 g/mol. The number of alkyl halides is 3. The molecule has 1 heterocycles. The number of ether oxygens (including phenoxy) is 1. The summed E-state index contributed by atoms with van der Waals surface area (Å²) in [5.74, 6) is 0. The van der Waals surface area contributed by atoms with Gasteiger partial charge in [0.15, 0.2) is 0 Å². The maximum Gasteiger partial charge on any atom is 0.407 e. The molecule has 1 aromatic heterocycles. The molecule has 0 radical (unpaired) electrons. The first-order valence-electron chi connectivity index (χ1n) is 10.2. The molecule has 0 N–H and O–H groups in total. The van der Waals surface area contributed by atoms with E-state index in [4.69, 9.17) is 11.3 Å². The van der Waals surface area contributed by atoms with E-state index in [1.54, 1.807) is 24.3 Å². The molecule has 3 rings (SSSR count). The molecule has 32 heavy (non-hydrogen) atoms. The van der Waals surface area contributed by atoms with Gasteiger partial charge in [0.2, 0.25) is 0 Å². The number of aromatic nitrogens is 1. The van der Waals surface area contributed by atoms with E-state index in [9.17, 15) is 18.0 Å². The Labute approximate surface area is 184 Å². The van der Waals surface area contributed by atoms with Gasteiger partial charge in [0, 0.05) is 18.8 Å². The number of hydrogen-bond acceptors (Lipinski definition) is 2. The fourth-order valence-electron chi connectivity index (χ4n) is 3.49. The third-order valence-corrected chi connectivity index (χ3v) is 4.96. The first-order valence-corrected chi connectivity index (χ1v) is 10.2. The van der Waals surface area contributed by atoms with E-state index < -0.39 is 23.0 Å². The summed E-state index contributed by atoms with van der Waals surface area (Å²) in [4.78, 5) is 16.0. The minimum Gasteiger partial charge on any atom is -0.377 e. The van der Waals surface area contributed by atoms with Gasteiger partial charge in [-0.25, -0.2) is 4.85 Å². The zero-order valence-corrected chi connectivity index (χ0v) is 17.9. The highest BCUT2D eigenvalue weighted by Crippen LogP contribution is 2.37. The summed E-state index contributed by atoms with van der Waals surface area (Å²) in [5.41, 5.74) is -0.0213. The lowest BCUT2D eigenvalue weighted by Gasteiger charge is -2.18. The number of benzene rings is 2. The van der Waals surface area contributed by atoms with Gasteiger partial charge in [-0.2, -0.15) is 13.2 Å². The van der Waals surface area contributed by atoms with Crippen molar-refractivity contribution in [2.45, 2.75) is 39.6 Å². The van der Waals surface area contributed by atoms with Crippen LogP contribution in [0.5, 0.6) is 0 Å². The van der Waals surface area contributed by atoms with Crippen LogP contribution in [-0.4, -0.2) is 11.2 Å². The lowest BCUT2D eigenvalue weighted by Crippen LogP contribution is -2.25. The van der Waals surface area contributed by atoms with E-state index in [2.05, 4.69) is 4.85 Å². The molecule has 0 unspecified atom stereocenters. The summed E-state index contributed by atoms with van der Waals surface area (Å²) in [6.07, 6.45) is -3.92. The molecule has 0 aliphatic rings. The lowest BCUT2D eigenvalue weighted by molar-refractivity contribution is -0.136. The Morgan fingerprint density at radius 1 is 1.06 bits per heavy atom. The van der Waals surface area contributed by atoms with Crippen LogP contribution in [0.25, 0.3) is 16.1 Å². The SMILES string of the molecule is [C-]#[N+]c1c(C(F)(F)F)cc(-c2cccc(C)c2)n(Cc2cccc(COCCC)c2)c1=O. The van der Waals surface area contributed by atoms with Crippen LogP contribution in [0, 0.1) is 13.5 Å². The first-order chi connectivity index (χ1) is 15.2. The van der Waals surface area contributed by atoms with E-state index >= 15 is 0 Å². The molecule has 0 bridgehead atoms. The Balaban J connectivity index is 2.16. The van der Waals surface area contributed by atoms with Crippen molar-refractivity contribution in [1.82, 2.24) is 4.57 Å². The van der Waals surface area contributed by atoms with Gasteiger partial charge >= 0.3 is 6.18 Å². The Hall–Kier alpha value is -3.37. The highest BCUT2D eigenvalue weighted by atomic mass is 19.4. The molecule has 0 spiro atoms. The van der Waals surface area contributed by atoms with Crippen LogP contribution in [0.15, 0.2) is 59.4 Å². The van der Waals surface area contributed by atoms with Crippen molar-refractivity contribution < 1.29 is 17.9 Å². The monoisotopic (exact) mass is 440 g/mol. The molecule has 4 nitrogen and oxygen atoms in total. The smallest absolute Gasteiger partial charge is 0.377 e. The number of pyridine rings is 1. The van der Waals surface area contributed by atoms with Gasteiger partial charge in [0.05, 0.1) is 18.7 Å². The maximum atomic E-state index is 13.6. The molecule has 166 valence electrons. The Bertz CT molecular complexity index is 1210. The summed E-state index contributed by atoms with van der Waals surface area (Å²) in [6.45, 7) is 12.1. The molecule has 3 aromatic rings. The van der Waals surface area contributed by atoms with Crippen molar-refractivity contribution in [3.63, 3.8) is 0 Å². The highest BCUT2D eigenvalue weighted by molar-refractivity contribution is 5.66. The molecule has 0 saturated carbocycles. The second kappa shape index (κ2) is 9.84. The molecule has 7 heteroatoms. The second-order valence-corrected chi connectivity index (χ2v) is 7.53. The van der Waals surface area contributed by atoms with Crippen molar-refractivity contribution >= 4 is 5.69 Å². The van der Waals surface area contributed by atoms with Gasteiger partial charge < -0.3 is 9.30 Å². The van der Waals surface area contributed by atoms with Crippen molar-refractivity contribution in [2.24, 2.45) is 0 Å². The fourth-order valence-corrected chi connectivity index (χ4v) is 3.49. The molecule has 0 atom stereocenters. The molecule has 0 fully saturated rings. The van der Waals surface area contributed by atoms with Crippen LogP contribution in [0.3, 0.4) is 0 Å². The number of nitrogens with zero attached hydrogens (tertiary/aromatic N) is 2. The molecule has 0 amide bonds. The topological polar surface area (TPSA) is 35.6 Å². The molecule has 2 aromatic carbocycles. The van der Waals surface area contributed by atoms with Gasteiger partial charge in [-0.1, -0.05) is 55.0 Å². The van der Waals surface area contributed by atoms with E-state index in [0.29, 0.717) is 18.8 Å². The summed E-state index contributed by atoms with van der Waals surface area (Å²) in [7, 11) is 0. The van der Waals surface area contributed by atoms with Crippen LogP contribution in [0.4, 0.5) is 18.9 Å². The van der Waals surface area contributed by atoms with Gasteiger partial charge in [0.25, 0.3) is 11.2 Å². The first kappa shape index (κ1) is 23.3. The predicted molar refractivity (Wildman–Crippen MR) is 118 cm³/mol. The predicted octanol–water partition coefficient (Wildman–Crippen LogP) is 6.37. The summed E-state index contributed by atoms with van der Waals surface area (Å²) < 4.78 is 47.7. The van der Waals surface area contributed by atoms with E-state index in [-0.39, 0.29) is 12.2 Å². The number of hydrogen-bond donors (Lipinski definition) is 0. The van der Waals surface area contributed by atoms with Crippen molar-refractivity contribution in [1.29, 1.82) is 0 Å². The summed E-state index contributed by atoms with van der Waals surface area (Å²) in [6, 6.07) is 15.2. The normalized spacial score (nSPS) is 11.4. The summed E-state index contributed by atoms with van der Waals surface area (Å²) >= 11 is 0. The standard InChI is InChI=1S/C25H23F3N2O2/c1-4-11-32-16-19-9-6-8-18(13-19)15-30-22(20-10-5-7-17(2)12-20)14-21(25(26,27)28)23(29-3)24(30)31/h5-10,12-14H,4,11,15-16H2,1-2H3. The second-order valence-electron chi connectivity index (χ2n) is 7.53. The lowest BCUT2D eigenvalue weighted by atomic mass is 10.0. The maximum absolute atomic E-state index is 13.6. The Kier molecular flexibility index (Phi) is 7.16. The van der Waals surface area contributed by atoms with Crippen molar-refractivity contribution in [3.8, 4) is 11.3 Å². The highest BCUT2D eigenvalue weighted by Gasteiger charge is 2.36. The Morgan fingerprint density at radius 3 is 2.44 bits per heavy atom. The number of aryl methyl sites for hydroxylation is 1. The average Bonchev–Trinajstić information content (AvgIpc) is 2.74. The van der Waals surface area contributed by atoms with Crippen LogP contribution >= 0.6 is 0 Å². The van der Waals surface area contributed by atoms with Gasteiger partial charge in [-0.3, -0.25) is 4.79 Å². The zero-order valence-electron chi connectivity index (χ0n) is 17.9. The third-order valence-electron chi connectivity index (χ3n) is 4.96. The number of rotatable bonds is 7. The van der Waals surface area contributed by atoms with Gasteiger partial charge in [-0.15, -0.1) is 0 Å². The van der Waals surface area contributed by atoms with Crippen molar-refractivity contribution in [3.05, 3.63) is 98.6 Å². The minimum atomic E-state index is -4.81. The molecule has 0 aliphatic heterocycles. The summed E-state index contributed by atoms with van der Waals surface area (Å²) in [5, 5.41) is 0. The molecular weight excluding hydrogens is 417 g/mol. The van der Waals surface area contributed by atoms with Gasteiger partial charge in [-0.05, 0) is 42.2 Å². The molecule has 0 saturated heterocycles. The van der Waals surface area contributed by atoms with E-state index in [0.717, 1.165) is 29.2 Å². The van der Waals surface area contributed by atoms with Crippen LogP contribution in [-0.2, 0) is 24.1 Å². The van der Waals surface area contributed by atoms with Crippen LogP contribution < -0.4 is 5.56 Å². The third kappa shape index (κ3) is 5.27. The zero-order chi connectivity index (χ0) is 23.3. The minimum absolute atomic E-state index is 0.0321. The van der Waals surface area contributed by atoms with E-state index in [1.165, 1.54) is 4.57 Å². The largest absolute Gasteiger partial charge is 0.407 e.